The normalized spacial score (nSPS) is 12.1. The predicted octanol–water partition coefficient (Wildman–Crippen LogP) is 14.4. The number of hydrogen-bond donors (Lipinski definition) is 0. The van der Waals surface area contributed by atoms with Crippen molar-refractivity contribution in [1.82, 2.24) is 28.7 Å². The average Bonchev–Trinajstić information content (AvgIpc) is 4.10. The van der Waals surface area contributed by atoms with E-state index in [2.05, 4.69) is 208 Å². The molecule has 0 amide bonds. The second-order valence-corrected chi connectivity index (χ2v) is 16.4. The lowest BCUT2D eigenvalue weighted by atomic mass is 9.99. The van der Waals surface area contributed by atoms with E-state index in [0.29, 0.717) is 17.7 Å². The van der Waals surface area contributed by atoms with Crippen molar-refractivity contribution in [2.24, 2.45) is 0 Å². The fraction of sp³-hybridized carbons (Fsp3) is 0. The van der Waals surface area contributed by atoms with Crippen LogP contribution in [0.4, 0.5) is 0 Å². The van der Waals surface area contributed by atoms with Gasteiger partial charge in [-0.2, -0.15) is 15.0 Å². The molecule has 7 nitrogen and oxygen atoms in total. The van der Waals surface area contributed by atoms with Crippen molar-refractivity contribution in [3.8, 4) is 40.1 Å². The fourth-order valence-electron chi connectivity index (χ4n) is 10.2. The first-order valence-corrected chi connectivity index (χ1v) is 21.5. The number of benzene rings is 9. The van der Waals surface area contributed by atoms with E-state index in [9.17, 15) is 0 Å². The number of para-hydroxylation sites is 5. The fourth-order valence-corrected chi connectivity index (χ4v) is 10.2. The molecule has 0 N–H and O–H groups in total. The number of fused-ring (bicyclic) bond motifs is 13. The first kappa shape index (κ1) is 34.9. The lowest BCUT2D eigenvalue weighted by Gasteiger charge is -2.13. The highest BCUT2D eigenvalue weighted by Crippen LogP contribution is 2.43. The minimum atomic E-state index is 0.519. The number of hydrogen-bond acceptors (Lipinski definition) is 4. The SMILES string of the molecule is c1ccc(-c2cccc3oc4cc(-c5nc(-n6c7ccccc7c7ccccc76)nc(-n6c7ccccc7c7c6ccc6c8ccccc8n(-c8ccccc8)c67)n5)ccc4c23)cc1. The molecule has 5 aromatic heterocycles. The maximum absolute atomic E-state index is 6.64. The van der Waals surface area contributed by atoms with E-state index in [-0.39, 0.29) is 0 Å². The summed E-state index contributed by atoms with van der Waals surface area (Å²) in [7, 11) is 0. The summed E-state index contributed by atoms with van der Waals surface area (Å²) in [5.41, 5.74) is 12.1. The third-order valence-corrected chi connectivity index (χ3v) is 12.9. The van der Waals surface area contributed by atoms with Gasteiger partial charge in [-0.3, -0.25) is 9.13 Å². The third-order valence-electron chi connectivity index (χ3n) is 12.9. The lowest BCUT2D eigenvalue weighted by Crippen LogP contribution is -2.10. The molecule has 0 aliphatic heterocycles. The number of aromatic nitrogens is 6. The van der Waals surface area contributed by atoms with Gasteiger partial charge in [0.25, 0.3) is 0 Å². The standard InChI is InChI=1S/C57H34N6O/c1-3-16-35(17-4-1)38-24-15-29-50-52(38)44-31-30-36(34-51(44)64-50)55-58-56(62-46-26-12-7-20-39(46)40-21-8-13-27-47(40)62)60-57(59-55)63-48-28-14-10-23-43(48)53-49(63)33-32-42-41-22-9-11-25-45(41)61(54(42)53)37-18-5-2-6-19-37/h1-34H. The van der Waals surface area contributed by atoms with E-state index < -0.39 is 0 Å². The number of rotatable bonds is 5. The molecular formula is C57H34N6O. The predicted molar refractivity (Wildman–Crippen MR) is 261 cm³/mol. The zero-order valence-electron chi connectivity index (χ0n) is 34.2. The molecule has 0 fully saturated rings. The smallest absolute Gasteiger partial charge is 0.240 e. The maximum Gasteiger partial charge on any atom is 0.240 e. The van der Waals surface area contributed by atoms with Crippen LogP contribution in [0, 0.1) is 0 Å². The summed E-state index contributed by atoms with van der Waals surface area (Å²) in [6, 6.07) is 72.4. The lowest BCUT2D eigenvalue weighted by molar-refractivity contribution is 0.669. The van der Waals surface area contributed by atoms with Crippen molar-refractivity contribution in [2.75, 3.05) is 0 Å². The average molecular weight is 819 g/mol. The molecule has 0 radical (unpaired) electrons. The summed E-state index contributed by atoms with van der Waals surface area (Å²) >= 11 is 0. The molecule has 0 atom stereocenters. The minimum Gasteiger partial charge on any atom is -0.456 e. The van der Waals surface area contributed by atoms with Crippen LogP contribution in [-0.2, 0) is 0 Å². The molecule has 0 saturated heterocycles. The van der Waals surface area contributed by atoms with E-state index in [1.807, 2.05) is 12.1 Å². The van der Waals surface area contributed by atoms with E-state index in [4.69, 9.17) is 19.4 Å². The minimum absolute atomic E-state index is 0.519. The molecule has 0 spiro atoms. The van der Waals surface area contributed by atoms with Crippen molar-refractivity contribution in [2.45, 2.75) is 0 Å². The second-order valence-electron chi connectivity index (χ2n) is 16.4. The van der Waals surface area contributed by atoms with Crippen molar-refractivity contribution in [3.63, 3.8) is 0 Å². The molecule has 0 aliphatic rings. The first-order valence-electron chi connectivity index (χ1n) is 21.5. The highest BCUT2D eigenvalue weighted by molar-refractivity contribution is 6.26. The van der Waals surface area contributed by atoms with E-state index >= 15 is 0 Å². The Kier molecular flexibility index (Phi) is 7.27. The molecular weight excluding hydrogens is 785 g/mol. The van der Waals surface area contributed by atoms with Crippen molar-refractivity contribution in [1.29, 1.82) is 0 Å². The van der Waals surface area contributed by atoms with Crippen LogP contribution in [0.2, 0.25) is 0 Å². The molecule has 0 saturated carbocycles. The molecule has 9 aromatic carbocycles. The molecule has 5 heterocycles. The molecule has 0 bridgehead atoms. The van der Waals surface area contributed by atoms with Gasteiger partial charge >= 0.3 is 0 Å². The van der Waals surface area contributed by atoms with Crippen LogP contribution >= 0.6 is 0 Å². The Balaban J connectivity index is 1.08. The Labute approximate surface area is 365 Å². The van der Waals surface area contributed by atoms with Crippen LogP contribution in [0.5, 0.6) is 0 Å². The summed E-state index contributed by atoms with van der Waals surface area (Å²) in [6.07, 6.45) is 0. The van der Waals surface area contributed by atoms with Crippen molar-refractivity contribution >= 4 is 87.4 Å². The first-order chi connectivity index (χ1) is 31.8. The van der Waals surface area contributed by atoms with Crippen LogP contribution in [0.25, 0.3) is 127 Å². The zero-order chi connectivity index (χ0) is 41.9. The van der Waals surface area contributed by atoms with Gasteiger partial charge in [0.1, 0.15) is 11.2 Å². The molecule has 0 aliphatic carbocycles. The largest absolute Gasteiger partial charge is 0.456 e. The Morgan fingerprint density at radius 2 is 0.875 bits per heavy atom. The molecule has 14 rings (SSSR count). The molecule has 298 valence electrons. The van der Waals surface area contributed by atoms with Crippen LogP contribution in [0.1, 0.15) is 0 Å². The summed E-state index contributed by atoms with van der Waals surface area (Å²) in [5.74, 6) is 1.59. The van der Waals surface area contributed by atoms with Crippen LogP contribution < -0.4 is 0 Å². The maximum atomic E-state index is 6.64. The highest BCUT2D eigenvalue weighted by Gasteiger charge is 2.24. The molecule has 64 heavy (non-hydrogen) atoms. The molecule has 7 heteroatoms. The second kappa shape index (κ2) is 13.3. The van der Waals surface area contributed by atoms with Gasteiger partial charge in [-0.05, 0) is 71.8 Å². The number of nitrogens with zero attached hydrogens (tertiary/aromatic N) is 6. The van der Waals surface area contributed by atoms with E-state index in [0.717, 1.165) is 99.0 Å². The molecule has 0 unspecified atom stereocenters. The van der Waals surface area contributed by atoms with Crippen LogP contribution in [0.3, 0.4) is 0 Å². The van der Waals surface area contributed by atoms with Gasteiger partial charge in [0, 0.05) is 54.3 Å². The quantitative estimate of drug-likeness (QED) is 0.173. The topological polar surface area (TPSA) is 66.6 Å². The summed E-state index contributed by atoms with van der Waals surface area (Å²) in [4.78, 5) is 16.2. The van der Waals surface area contributed by atoms with E-state index in [1.165, 1.54) is 10.8 Å². The summed E-state index contributed by atoms with van der Waals surface area (Å²) in [6.45, 7) is 0. The van der Waals surface area contributed by atoms with Gasteiger partial charge in [0.2, 0.25) is 11.9 Å². The zero-order valence-corrected chi connectivity index (χ0v) is 34.2. The van der Waals surface area contributed by atoms with Gasteiger partial charge < -0.3 is 8.98 Å². The van der Waals surface area contributed by atoms with Gasteiger partial charge in [-0.15, -0.1) is 0 Å². The summed E-state index contributed by atoms with van der Waals surface area (Å²) in [5, 5.41) is 9.02. The van der Waals surface area contributed by atoms with Crippen molar-refractivity contribution in [3.05, 3.63) is 206 Å². The Morgan fingerprint density at radius 1 is 0.328 bits per heavy atom. The Hall–Kier alpha value is -8.81. The highest BCUT2D eigenvalue weighted by atomic mass is 16.3. The molecule has 14 aromatic rings. The van der Waals surface area contributed by atoms with E-state index in [1.54, 1.807) is 0 Å². The summed E-state index contributed by atoms with van der Waals surface area (Å²) < 4.78 is 13.4. The van der Waals surface area contributed by atoms with Crippen molar-refractivity contribution < 1.29 is 4.42 Å². The van der Waals surface area contributed by atoms with Crippen LogP contribution in [-0.4, -0.2) is 28.7 Å². The Bertz CT molecular complexity index is 4140. The van der Waals surface area contributed by atoms with Gasteiger partial charge in [-0.1, -0.05) is 146 Å². The van der Waals surface area contributed by atoms with Gasteiger partial charge in [0.15, 0.2) is 5.82 Å². The third kappa shape index (κ3) is 4.94. The van der Waals surface area contributed by atoms with Crippen LogP contribution in [0.15, 0.2) is 211 Å². The monoisotopic (exact) mass is 818 g/mol. The number of furan rings is 1. The van der Waals surface area contributed by atoms with Gasteiger partial charge in [0.05, 0.1) is 33.1 Å². The van der Waals surface area contributed by atoms with Gasteiger partial charge in [-0.25, -0.2) is 0 Å². The Morgan fingerprint density at radius 3 is 1.56 bits per heavy atom.